The zero-order valence-electron chi connectivity index (χ0n) is 10.4. The molecule has 0 aliphatic carbocycles. The first-order valence-electron chi connectivity index (χ1n) is 5.92. The average Bonchev–Trinajstić information content (AvgIpc) is 2.29. The van der Waals surface area contributed by atoms with Crippen molar-refractivity contribution in [3.05, 3.63) is 28.2 Å². The molecule has 5 heteroatoms. The first-order valence-corrected chi connectivity index (χ1v) is 6.71. The van der Waals surface area contributed by atoms with Crippen LogP contribution in [0.4, 0.5) is 5.69 Å². The fraction of sp³-hybridized carbons (Fsp3) is 0.462. The van der Waals surface area contributed by atoms with Crippen LogP contribution in [-0.4, -0.2) is 23.9 Å². The summed E-state index contributed by atoms with van der Waals surface area (Å²) in [6, 6.07) is 5.43. The predicted molar refractivity (Wildman–Crippen MR) is 80.1 cm³/mol. The van der Waals surface area contributed by atoms with E-state index in [0.717, 1.165) is 36.3 Å². The van der Waals surface area contributed by atoms with Gasteiger partial charge in [0.25, 0.3) is 5.91 Å². The van der Waals surface area contributed by atoms with Gasteiger partial charge in [-0.15, -0.1) is 12.4 Å². The Morgan fingerprint density at radius 3 is 2.56 bits per heavy atom. The molecule has 1 amide bonds. The molecule has 1 aromatic rings. The molecule has 1 heterocycles. The van der Waals surface area contributed by atoms with Gasteiger partial charge < -0.3 is 10.6 Å². The first-order chi connectivity index (χ1) is 8.08. The summed E-state index contributed by atoms with van der Waals surface area (Å²) in [6.07, 6.45) is 2.17. The summed E-state index contributed by atoms with van der Waals surface area (Å²) >= 11 is 3.34. The maximum atomic E-state index is 12.3. The molecular weight excluding hydrogens is 316 g/mol. The van der Waals surface area contributed by atoms with Gasteiger partial charge in [-0.3, -0.25) is 4.79 Å². The summed E-state index contributed by atoms with van der Waals surface area (Å²) in [7, 11) is 0. The number of benzene rings is 1. The Labute approximate surface area is 122 Å². The Morgan fingerprint density at radius 1 is 1.39 bits per heavy atom. The minimum Gasteiger partial charge on any atom is -0.398 e. The van der Waals surface area contributed by atoms with E-state index in [1.807, 2.05) is 11.0 Å². The molecule has 0 bridgehead atoms. The summed E-state index contributed by atoms with van der Waals surface area (Å²) in [4.78, 5) is 14.2. The number of nitrogens with zero attached hydrogens (tertiary/aromatic N) is 1. The van der Waals surface area contributed by atoms with E-state index < -0.39 is 0 Å². The molecule has 0 atom stereocenters. The molecule has 0 radical (unpaired) electrons. The van der Waals surface area contributed by atoms with Gasteiger partial charge in [0.15, 0.2) is 0 Å². The van der Waals surface area contributed by atoms with E-state index in [2.05, 4.69) is 22.9 Å². The number of likely N-dealkylation sites (tertiary alicyclic amines) is 1. The average molecular weight is 334 g/mol. The molecule has 1 aliphatic heterocycles. The normalized spacial score (nSPS) is 16.2. The topological polar surface area (TPSA) is 46.3 Å². The Balaban J connectivity index is 0.00000162. The SMILES string of the molecule is CC1CCN(C(=O)c2ccc(Br)cc2N)CC1.Cl. The third kappa shape index (κ3) is 3.39. The Bertz CT molecular complexity index is 431. The van der Waals surface area contributed by atoms with E-state index in [-0.39, 0.29) is 18.3 Å². The van der Waals surface area contributed by atoms with Crippen molar-refractivity contribution in [1.82, 2.24) is 4.90 Å². The van der Waals surface area contributed by atoms with Crippen molar-refractivity contribution in [3.8, 4) is 0 Å². The molecule has 1 saturated heterocycles. The van der Waals surface area contributed by atoms with Crippen LogP contribution in [-0.2, 0) is 0 Å². The second kappa shape index (κ2) is 6.43. The number of amides is 1. The highest BCUT2D eigenvalue weighted by molar-refractivity contribution is 9.10. The van der Waals surface area contributed by atoms with Crippen LogP contribution in [0.3, 0.4) is 0 Å². The summed E-state index contributed by atoms with van der Waals surface area (Å²) in [5.74, 6) is 0.781. The maximum absolute atomic E-state index is 12.3. The monoisotopic (exact) mass is 332 g/mol. The lowest BCUT2D eigenvalue weighted by molar-refractivity contribution is 0.0698. The molecule has 18 heavy (non-hydrogen) atoms. The summed E-state index contributed by atoms with van der Waals surface area (Å²) in [5, 5.41) is 0. The number of hydrogen-bond donors (Lipinski definition) is 1. The molecule has 0 aromatic heterocycles. The lowest BCUT2D eigenvalue weighted by Gasteiger charge is -2.30. The van der Waals surface area contributed by atoms with E-state index in [4.69, 9.17) is 5.73 Å². The van der Waals surface area contributed by atoms with Gasteiger partial charge in [0.1, 0.15) is 0 Å². The summed E-state index contributed by atoms with van der Waals surface area (Å²) < 4.78 is 0.902. The molecule has 1 aliphatic rings. The van der Waals surface area contributed by atoms with Gasteiger partial charge >= 0.3 is 0 Å². The van der Waals surface area contributed by atoms with Crippen molar-refractivity contribution < 1.29 is 4.79 Å². The fourth-order valence-corrected chi connectivity index (χ4v) is 2.49. The van der Waals surface area contributed by atoms with Crippen molar-refractivity contribution in [3.63, 3.8) is 0 Å². The molecule has 3 nitrogen and oxygen atoms in total. The zero-order chi connectivity index (χ0) is 12.4. The molecule has 1 fully saturated rings. The Hall–Kier alpha value is -0.740. The van der Waals surface area contributed by atoms with Crippen LogP contribution in [0.5, 0.6) is 0 Å². The minimum absolute atomic E-state index is 0. The van der Waals surface area contributed by atoms with Gasteiger partial charge in [-0.2, -0.15) is 0 Å². The van der Waals surface area contributed by atoms with Crippen LogP contribution in [0.25, 0.3) is 0 Å². The number of rotatable bonds is 1. The fourth-order valence-electron chi connectivity index (χ4n) is 2.11. The number of nitrogens with two attached hydrogens (primary N) is 1. The van der Waals surface area contributed by atoms with Gasteiger partial charge in [0, 0.05) is 23.2 Å². The number of halogens is 2. The third-order valence-electron chi connectivity index (χ3n) is 3.31. The second-order valence-electron chi connectivity index (χ2n) is 4.71. The van der Waals surface area contributed by atoms with E-state index in [9.17, 15) is 4.79 Å². The third-order valence-corrected chi connectivity index (χ3v) is 3.81. The number of carbonyl (C=O) groups is 1. The lowest BCUT2D eigenvalue weighted by atomic mass is 9.98. The van der Waals surface area contributed by atoms with Crippen LogP contribution < -0.4 is 5.73 Å². The van der Waals surface area contributed by atoms with Gasteiger partial charge in [0.05, 0.1) is 5.56 Å². The van der Waals surface area contributed by atoms with Crippen molar-refractivity contribution in [2.45, 2.75) is 19.8 Å². The second-order valence-corrected chi connectivity index (χ2v) is 5.62. The van der Waals surface area contributed by atoms with Gasteiger partial charge in [-0.25, -0.2) is 0 Å². The van der Waals surface area contributed by atoms with Crippen molar-refractivity contribution in [1.29, 1.82) is 0 Å². The van der Waals surface area contributed by atoms with Gasteiger partial charge in [-0.1, -0.05) is 22.9 Å². The number of nitrogen functional groups attached to an aromatic ring is 1. The number of hydrogen-bond acceptors (Lipinski definition) is 2. The van der Waals surface area contributed by atoms with Crippen LogP contribution in [0.1, 0.15) is 30.1 Å². The lowest BCUT2D eigenvalue weighted by Crippen LogP contribution is -2.38. The molecular formula is C13H18BrClN2O. The maximum Gasteiger partial charge on any atom is 0.255 e. The van der Waals surface area contributed by atoms with Crippen LogP contribution in [0.2, 0.25) is 0 Å². The largest absolute Gasteiger partial charge is 0.398 e. The summed E-state index contributed by atoms with van der Waals surface area (Å²) in [5.41, 5.74) is 7.04. The predicted octanol–water partition coefficient (Wildman–Crippen LogP) is 3.33. The van der Waals surface area contributed by atoms with E-state index in [1.165, 1.54) is 0 Å². The van der Waals surface area contributed by atoms with Crippen molar-refractivity contribution >= 4 is 39.9 Å². The van der Waals surface area contributed by atoms with E-state index in [1.54, 1.807) is 12.1 Å². The first kappa shape index (κ1) is 15.3. The van der Waals surface area contributed by atoms with Crippen LogP contribution in [0, 0.1) is 5.92 Å². The van der Waals surface area contributed by atoms with Crippen molar-refractivity contribution in [2.24, 2.45) is 5.92 Å². The number of anilines is 1. The van der Waals surface area contributed by atoms with Gasteiger partial charge in [-0.05, 0) is 37.0 Å². The standard InChI is InChI=1S/C13H17BrN2O.ClH/c1-9-4-6-16(7-5-9)13(17)11-3-2-10(14)8-12(11)15;/h2-3,8-9H,4-7,15H2,1H3;1H. The van der Waals surface area contributed by atoms with E-state index in [0.29, 0.717) is 11.3 Å². The molecule has 100 valence electrons. The van der Waals surface area contributed by atoms with Crippen molar-refractivity contribution in [2.75, 3.05) is 18.8 Å². The highest BCUT2D eigenvalue weighted by atomic mass is 79.9. The van der Waals surface area contributed by atoms with Crippen LogP contribution in [0.15, 0.2) is 22.7 Å². The van der Waals surface area contributed by atoms with Gasteiger partial charge in [0.2, 0.25) is 0 Å². The molecule has 1 aromatic carbocycles. The Morgan fingerprint density at radius 2 is 2.00 bits per heavy atom. The van der Waals surface area contributed by atoms with Crippen LogP contribution >= 0.6 is 28.3 Å². The smallest absolute Gasteiger partial charge is 0.255 e. The summed E-state index contributed by atoms with van der Waals surface area (Å²) in [6.45, 7) is 3.92. The molecule has 2 N–H and O–H groups in total. The van der Waals surface area contributed by atoms with E-state index >= 15 is 0 Å². The number of piperidine rings is 1. The highest BCUT2D eigenvalue weighted by Crippen LogP contribution is 2.23. The molecule has 0 unspecified atom stereocenters. The molecule has 0 spiro atoms. The Kier molecular flexibility index (Phi) is 5.47. The minimum atomic E-state index is 0. The highest BCUT2D eigenvalue weighted by Gasteiger charge is 2.22. The quantitative estimate of drug-likeness (QED) is 0.801. The number of carbonyl (C=O) groups excluding carboxylic acids is 1. The molecule has 2 rings (SSSR count). The molecule has 0 saturated carbocycles. The zero-order valence-corrected chi connectivity index (χ0v) is 12.8.